The lowest BCUT2D eigenvalue weighted by atomic mass is 10.1. The molecule has 2 aromatic carbocycles. The van der Waals surface area contributed by atoms with Crippen molar-refractivity contribution in [1.29, 1.82) is 0 Å². The van der Waals surface area contributed by atoms with Crippen molar-refractivity contribution in [1.82, 2.24) is 0 Å². The fourth-order valence-corrected chi connectivity index (χ4v) is 1.97. The van der Waals surface area contributed by atoms with E-state index in [2.05, 4.69) is 0 Å². The van der Waals surface area contributed by atoms with Crippen LogP contribution >= 0.6 is 11.6 Å². The smallest absolute Gasteiger partial charge is 0.338 e. The molecule has 0 amide bonds. The highest BCUT2D eigenvalue weighted by Gasteiger charge is 2.10. The summed E-state index contributed by atoms with van der Waals surface area (Å²) in [5.74, 6) is -0.408. The van der Waals surface area contributed by atoms with E-state index < -0.39 is 5.97 Å². The molecule has 0 aliphatic heterocycles. The molecule has 0 aliphatic rings. The molecule has 0 fully saturated rings. The van der Waals surface area contributed by atoms with Crippen LogP contribution in [0.1, 0.15) is 27.0 Å². The second kappa shape index (κ2) is 5.97. The van der Waals surface area contributed by atoms with Crippen LogP contribution in [0.5, 0.6) is 0 Å². The molecule has 2 N–H and O–H groups in total. The van der Waals surface area contributed by atoms with Gasteiger partial charge in [0.15, 0.2) is 0 Å². The van der Waals surface area contributed by atoms with E-state index in [1.165, 1.54) is 6.07 Å². The Kier molecular flexibility index (Phi) is 4.30. The zero-order valence-electron chi connectivity index (χ0n) is 11.4. The highest BCUT2D eigenvalue weighted by atomic mass is 35.5. The molecule has 104 valence electrons. The number of benzene rings is 2. The van der Waals surface area contributed by atoms with E-state index in [1.807, 2.05) is 32.0 Å². The summed E-state index contributed by atoms with van der Waals surface area (Å²) in [7, 11) is 0. The number of halogens is 1. The molecule has 20 heavy (non-hydrogen) atoms. The molecular weight excluding hydrogens is 274 g/mol. The van der Waals surface area contributed by atoms with Crippen LogP contribution in [0.2, 0.25) is 5.02 Å². The van der Waals surface area contributed by atoms with E-state index in [-0.39, 0.29) is 6.61 Å². The van der Waals surface area contributed by atoms with Gasteiger partial charge in [-0.3, -0.25) is 0 Å². The highest BCUT2D eigenvalue weighted by Crippen LogP contribution is 2.20. The van der Waals surface area contributed by atoms with Gasteiger partial charge in [-0.15, -0.1) is 0 Å². The summed E-state index contributed by atoms with van der Waals surface area (Å²) < 4.78 is 5.31. The van der Waals surface area contributed by atoms with Crippen LogP contribution < -0.4 is 5.73 Å². The minimum atomic E-state index is -0.408. The fraction of sp³-hybridized carbons (Fsp3) is 0.188. The normalized spacial score (nSPS) is 10.3. The molecule has 0 radical (unpaired) electrons. The molecule has 2 aromatic rings. The quantitative estimate of drug-likeness (QED) is 0.689. The minimum Gasteiger partial charge on any atom is -0.457 e. The van der Waals surface area contributed by atoms with Crippen LogP contribution in [-0.4, -0.2) is 5.97 Å². The fourth-order valence-electron chi connectivity index (χ4n) is 1.85. The van der Waals surface area contributed by atoms with E-state index in [1.54, 1.807) is 12.1 Å². The first kappa shape index (κ1) is 14.4. The Morgan fingerprint density at radius 2 is 1.95 bits per heavy atom. The molecule has 0 heterocycles. The molecule has 0 unspecified atom stereocenters. The topological polar surface area (TPSA) is 52.3 Å². The first-order chi connectivity index (χ1) is 9.47. The summed E-state index contributed by atoms with van der Waals surface area (Å²) in [4.78, 5) is 12.0. The third-order valence-corrected chi connectivity index (χ3v) is 3.44. The number of carbonyl (C=O) groups is 1. The van der Waals surface area contributed by atoms with Gasteiger partial charge in [-0.1, -0.05) is 35.4 Å². The molecule has 0 aromatic heterocycles. The number of nitrogens with two attached hydrogens (primary N) is 1. The molecular formula is C16H16ClNO2. The molecule has 0 saturated carbocycles. The predicted octanol–water partition coefficient (Wildman–Crippen LogP) is 3.90. The molecule has 0 atom stereocenters. The zero-order chi connectivity index (χ0) is 14.7. The van der Waals surface area contributed by atoms with Crippen molar-refractivity contribution >= 4 is 23.3 Å². The van der Waals surface area contributed by atoms with Gasteiger partial charge < -0.3 is 10.5 Å². The Hall–Kier alpha value is -2.00. The van der Waals surface area contributed by atoms with Gasteiger partial charge in [-0.25, -0.2) is 4.79 Å². The largest absolute Gasteiger partial charge is 0.457 e. The Bertz CT molecular complexity index is 653. The van der Waals surface area contributed by atoms with E-state index in [0.29, 0.717) is 16.3 Å². The number of rotatable bonds is 3. The van der Waals surface area contributed by atoms with Gasteiger partial charge in [0, 0.05) is 0 Å². The standard InChI is InChI=1S/C16H16ClNO2/c1-10-3-4-11(2)13(7-10)9-20-16(19)12-5-6-14(17)15(18)8-12/h3-8H,9,18H2,1-2H3. The zero-order valence-corrected chi connectivity index (χ0v) is 12.2. The van der Waals surface area contributed by atoms with Gasteiger partial charge in [0.25, 0.3) is 0 Å². The van der Waals surface area contributed by atoms with Crippen molar-refractivity contribution in [3.05, 3.63) is 63.7 Å². The summed E-state index contributed by atoms with van der Waals surface area (Å²) in [6.45, 7) is 4.24. The lowest BCUT2D eigenvalue weighted by molar-refractivity contribution is 0.0472. The summed E-state index contributed by atoms with van der Waals surface area (Å²) in [5.41, 5.74) is 9.67. The van der Waals surface area contributed by atoms with Crippen LogP contribution in [0.4, 0.5) is 5.69 Å². The summed E-state index contributed by atoms with van der Waals surface area (Å²) in [6.07, 6.45) is 0. The molecule has 2 rings (SSSR count). The van der Waals surface area contributed by atoms with E-state index in [4.69, 9.17) is 22.1 Å². The maximum atomic E-state index is 12.0. The summed E-state index contributed by atoms with van der Waals surface area (Å²) in [5, 5.41) is 0.427. The molecule has 0 saturated heterocycles. The molecule has 0 bridgehead atoms. The van der Waals surface area contributed by atoms with Crippen LogP contribution in [0.15, 0.2) is 36.4 Å². The van der Waals surface area contributed by atoms with Crippen LogP contribution in [0.3, 0.4) is 0 Å². The maximum Gasteiger partial charge on any atom is 0.338 e. The third-order valence-electron chi connectivity index (χ3n) is 3.10. The van der Waals surface area contributed by atoms with Gasteiger partial charge in [0.2, 0.25) is 0 Å². The second-order valence-corrected chi connectivity index (χ2v) is 5.15. The highest BCUT2D eigenvalue weighted by molar-refractivity contribution is 6.33. The van der Waals surface area contributed by atoms with Gasteiger partial charge in [-0.2, -0.15) is 0 Å². The van der Waals surface area contributed by atoms with Gasteiger partial charge >= 0.3 is 5.97 Å². The van der Waals surface area contributed by atoms with Gasteiger partial charge in [-0.05, 0) is 43.2 Å². The molecule has 0 aliphatic carbocycles. The SMILES string of the molecule is Cc1ccc(C)c(COC(=O)c2ccc(Cl)c(N)c2)c1. The number of nitrogen functional groups attached to an aromatic ring is 1. The Morgan fingerprint density at radius 1 is 1.20 bits per heavy atom. The monoisotopic (exact) mass is 289 g/mol. The molecule has 0 spiro atoms. The summed E-state index contributed by atoms with van der Waals surface area (Å²) in [6, 6.07) is 10.8. The minimum absolute atomic E-state index is 0.245. The second-order valence-electron chi connectivity index (χ2n) is 4.74. The average Bonchev–Trinajstić information content (AvgIpc) is 2.42. The van der Waals surface area contributed by atoms with Crippen LogP contribution in [-0.2, 0) is 11.3 Å². The summed E-state index contributed by atoms with van der Waals surface area (Å²) >= 11 is 5.82. The number of anilines is 1. The molecule has 3 nitrogen and oxygen atoms in total. The maximum absolute atomic E-state index is 12.0. The van der Waals surface area contributed by atoms with E-state index in [0.717, 1.165) is 16.7 Å². The predicted molar refractivity (Wildman–Crippen MR) is 80.9 cm³/mol. The number of ether oxygens (including phenoxy) is 1. The van der Waals surface area contributed by atoms with Gasteiger partial charge in [0.1, 0.15) is 6.61 Å². The number of hydrogen-bond acceptors (Lipinski definition) is 3. The van der Waals surface area contributed by atoms with Crippen molar-refractivity contribution in [3.63, 3.8) is 0 Å². The van der Waals surface area contributed by atoms with Crippen molar-refractivity contribution in [2.45, 2.75) is 20.5 Å². The lowest BCUT2D eigenvalue weighted by Crippen LogP contribution is -2.06. The Balaban J connectivity index is 2.08. The van der Waals surface area contributed by atoms with Crippen molar-refractivity contribution in [2.24, 2.45) is 0 Å². The number of hydrogen-bond donors (Lipinski definition) is 1. The molecule has 4 heteroatoms. The first-order valence-corrected chi connectivity index (χ1v) is 6.63. The van der Waals surface area contributed by atoms with E-state index in [9.17, 15) is 4.79 Å². The van der Waals surface area contributed by atoms with Gasteiger partial charge in [0.05, 0.1) is 16.3 Å². The lowest BCUT2D eigenvalue weighted by Gasteiger charge is -2.09. The average molecular weight is 290 g/mol. The third kappa shape index (κ3) is 3.31. The Labute approximate surface area is 123 Å². The van der Waals surface area contributed by atoms with E-state index >= 15 is 0 Å². The Morgan fingerprint density at radius 3 is 2.65 bits per heavy atom. The first-order valence-electron chi connectivity index (χ1n) is 6.25. The van der Waals surface area contributed by atoms with Crippen molar-refractivity contribution in [2.75, 3.05) is 5.73 Å². The van der Waals surface area contributed by atoms with Crippen LogP contribution in [0, 0.1) is 13.8 Å². The number of carbonyl (C=O) groups excluding carboxylic acids is 1. The number of esters is 1. The van der Waals surface area contributed by atoms with Crippen LogP contribution in [0.25, 0.3) is 0 Å². The number of aryl methyl sites for hydroxylation is 2. The van der Waals surface area contributed by atoms with Crippen molar-refractivity contribution < 1.29 is 9.53 Å². The van der Waals surface area contributed by atoms with Crippen molar-refractivity contribution in [3.8, 4) is 0 Å².